The van der Waals surface area contributed by atoms with Crippen molar-refractivity contribution in [1.29, 1.82) is 0 Å². The minimum atomic E-state index is -1.07. The highest BCUT2D eigenvalue weighted by molar-refractivity contribution is 5.96. The summed E-state index contributed by atoms with van der Waals surface area (Å²) in [6.07, 6.45) is -0.561. The third-order valence-corrected chi connectivity index (χ3v) is 4.46. The van der Waals surface area contributed by atoms with Gasteiger partial charge in [-0.1, -0.05) is 6.07 Å². The Morgan fingerprint density at radius 2 is 1.97 bits per heavy atom. The minimum Gasteiger partial charge on any atom is -0.497 e. The first-order valence-corrected chi connectivity index (χ1v) is 9.18. The third-order valence-electron chi connectivity index (χ3n) is 4.46. The SMILES string of the molecule is CNC(=O)NC(=O)[C@@H](C)OC(=O)CCc1c(C)nn(-c2cccc(OC)c2)c1C. The fourth-order valence-corrected chi connectivity index (χ4v) is 2.84. The van der Waals surface area contributed by atoms with E-state index in [1.165, 1.54) is 14.0 Å². The average Bonchev–Trinajstić information content (AvgIpc) is 2.99. The Hall–Kier alpha value is -3.36. The number of benzene rings is 1. The van der Waals surface area contributed by atoms with Crippen LogP contribution in [0.1, 0.15) is 30.3 Å². The summed E-state index contributed by atoms with van der Waals surface area (Å²) in [5, 5.41) is 8.89. The molecule has 3 amide bonds. The number of carbonyl (C=O) groups is 3. The number of urea groups is 1. The smallest absolute Gasteiger partial charge is 0.321 e. The Kier molecular flexibility index (Phi) is 7.35. The second kappa shape index (κ2) is 9.72. The number of hydrogen-bond acceptors (Lipinski definition) is 6. The number of rotatable bonds is 7. The van der Waals surface area contributed by atoms with Crippen LogP contribution in [0.4, 0.5) is 4.79 Å². The van der Waals surface area contributed by atoms with Crippen LogP contribution in [-0.2, 0) is 20.7 Å². The Labute approximate surface area is 169 Å². The monoisotopic (exact) mass is 402 g/mol. The molecule has 29 heavy (non-hydrogen) atoms. The summed E-state index contributed by atoms with van der Waals surface area (Å²) >= 11 is 0. The number of nitrogens with one attached hydrogen (secondary N) is 2. The molecule has 1 heterocycles. The van der Waals surface area contributed by atoms with Gasteiger partial charge in [-0.25, -0.2) is 9.48 Å². The lowest BCUT2D eigenvalue weighted by atomic mass is 10.1. The van der Waals surface area contributed by atoms with Crippen molar-refractivity contribution in [3.63, 3.8) is 0 Å². The van der Waals surface area contributed by atoms with Crippen LogP contribution in [0, 0.1) is 13.8 Å². The first kappa shape index (κ1) is 21.9. The summed E-state index contributed by atoms with van der Waals surface area (Å²) in [7, 11) is 2.99. The zero-order valence-electron chi connectivity index (χ0n) is 17.2. The number of ether oxygens (including phenoxy) is 2. The summed E-state index contributed by atoms with van der Waals surface area (Å²) in [6, 6.07) is 6.88. The number of methoxy groups -OCH3 is 1. The fraction of sp³-hybridized carbons (Fsp3) is 0.400. The van der Waals surface area contributed by atoms with E-state index < -0.39 is 24.0 Å². The summed E-state index contributed by atoms with van der Waals surface area (Å²) in [6.45, 7) is 5.22. The van der Waals surface area contributed by atoms with Gasteiger partial charge in [0.15, 0.2) is 6.10 Å². The van der Waals surface area contributed by atoms with Gasteiger partial charge in [0.2, 0.25) is 0 Å². The van der Waals surface area contributed by atoms with Gasteiger partial charge >= 0.3 is 12.0 Å². The van der Waals surface area contributed by atoms with E-state index in [9.17, 15) is 14.4 Å². The van der Waals surface area contributed by atoms with Crippen LogP contribution < -0.4 is 15.4 Å². The van der Waals surface area contributed by atoms with Crippen molar-refractivity contribution in [1.82, 2.24) is 20.4 Å². The van der Waals surface area contributed by atoms with Crippen LogP contribution in [0.25, 0.3) is 5.69 Å². The first-order chi connectivity index (χ1) is 13.8. The van der Waals surface area contributed by atoms with Crippen LogP contribution in [-0.4, -0.2) is 47.9 Å². The van der Waals surface area contributed by atoms with Gasteiger partial charge in [0.05, 0.1) is 18.5 Å². The number of aryl methyl sites for hydroxylation is 1. The van der Waals surface area contributed by atoms with Crippen molar-refractivity contribution in [2.24, 2.45) is 0 Å². The number of nitrogens with zero attached hydrogens (tertiary/aromatic N) is 2. The third kappa shape index (κ3) is 5.56. The molecular weight excluding hydrogens is 376 g/mol. The average molecular weight is 402 g/mol. The molecule has 9 nitrogen and oxygen atoms in total. The number of aromatic nitrogens is 2. The first-order valence-electron chi connectivity index (χ1n) is 9.18. The predicted octanol–water partition coefficient (Wildman–Crippen LogP) is 1.82. The summed E-state index contributed by atoms with van der Waals surface area (Å²) in [5.41, 5.74) is 3.52. The lowest BCUT2D eigenvalue weighted by molar-refractivity contribution is -0.154. The van der Waals surface area contributed by atoms with Gasteiger partial charge in [-0.15, -0.1) is 0 Å². The zero-order valence-corrected chi connectivity index (χ0v) is 17.2. The van der Waals surface area contributed by atoms with E-state index in [-0.39, 0.29) is 6.42 Å². The van der Waals surface area contributed by atoms with Crippen LogP contribution >= 0.6 is 0 Å². The van der Waals surface area contributed by atoms with Gasteiger partial charge in [-0.05, 0) is 44.9 Å². The second-order valence-electron chi connectivity index (χ2n) is 6.46. The maximum atomic E-state index is 12.1. The predicted molar refractivity (Wildman–Crippen MR) is 106 cm³/mol. The quantitative estimate of drug-likeness (QED) is 0.684. The molecule has 1 atom stereocenters. The molecule has 1 aromatic carbocycles. The highest BCUT2D eigenvalue weighted by Crippen LogP contribution is 2.22. The van der Waals surface area contributed by atoms with Crippen LogP contribution in [0.15, 0.2) is 24.3 Å². The highest BCUT2D eigenvalue weighted by atomic mass is 16.5. The van der Waals surface area contributed by atoms with Crippen LogP contribution in [0.2, 0.25) is 0 Å². The maximum Gasteiger partial charge on any atom is 0.321 e. The number of amides is 3. The molecule has 0 saturated heterocycles. The number of carbonyl (C=O) groups excluding carboxylic acids is 3. The Balaban J connectivity index is 2.02. The topological polar surface area (TPSA) is 112 Å². The van der Waals surface area contributed by atoms with Gasteiger partial charge in [0.1, 0.15) is 5.75 Å². The normalized spacial score (nSPS) is 11.5. The molecule has 0 fully saturated rings. The van der Waals surface area contributed by atoms with E-state index in [0.29, 0.717) is 6.42 Å². The molecule has 2 rings (SSSR count). The van der Waals surface area contributed by atoms with Crippen LogP contribution in [0.3, 0.4) is 0 Å². The maximum absolute atomic E-state index is 12.1. The Morgan fingerprint density at radius 1 is 1.24 bits per heavy atom. The molecule has 0 radical (unpaired) electrons. The largest absolute Gasteiger partial charge is 0.497 e. The molecule has 0 aliphatic carbocycles. The number of esters is 1. The van der Waals surface area contributed by atoms with E-state index in [0.717, 1.165) is 28.4 Å². The van der Waals surface area contributed by atoms with Gasteiger partial charge in [-0.3, -0.25) is 14.9 Å². The van der Waals surface area contributed by atoms with Crippen molar-refractivity contribution in [3.05, 3.63) is 41.2 Å². The molecule has 0 aliphatic heterocycles. The zero-order chi connectivity index (χ0) is 21.6. The molecule has 156 valence electrons. The van der Waals surface area contributed by atoms with E-state index >= 15 is 0 Å². The fourth-order valence-electron chi connectivity index (χ4n) is 2.84. The Morgan fingerprint density at radius 3 is 2.62 bits per heavy atom. The van der Waals surface area contributed by atoms with Gasteiger partial charge in [0.25, 0.3) is 5.91 Å². The van der Waals surface area contributed by atoms with Crippen molar-refractivity contribution in [2.45, 2.75) is 39.7 Å². The lowest BCUT2D eigenvalue weighted by Crippen LogP contribution is -2.43. The number of hydrogen-bond donors (Lipinski definition) is 2. The summed E-state index contributed by atoms with van der Waals surface area (Å²) in [5.74, 6) is -0.488. The van der Waals surface area contributed by atoms with E-state index in [4.69, 9.17) is 9.47 Å². The molecule has 2 N–H and O–H groups in total. The molecule has 0 bridgehead atoms. The van der Waals surface area contributed by atoms with Crippen molar-refractivity contribution in [3.8, 4) is 11.4 Å². The van der Waals surface area contributed by atoms with Gasteiger partial charge in [0, 0.05) is 25.2 Å². The van der Waals surface area contributed by atoms with Gasteiger partial charge in [-0.2, -0.15) is 5.10 Å². The van der Waals surface area contributed by atoms with E-state index in [1.807, 2.05) is 38.1 Å². The molecule has 0 unspecified atom stereocenters. The molecule has 0 saturated carbocycles. The Bertz CT molecular complexity index is 906. The van der Waals surface area contributed by atoms with Crippen molar-refractivity contribution < 1.29 is 23.9 Å². The molecule has 2 aromatic rings. The van der Waals surface area contributed by atoms with E-state index in [2.05, 4.69) is 15.7 Å². The van der Waals surface area contributed by atoms with Crippen molar-refractivity contribution >= 4 is 17.9 Å². The van der Waals surface area contributed by atoms with E-state index in [1.54, 1.807) is 11.8 Å². The number of imide groups is 1. The minimum absolute atomic E-state index is 0.0864. The molecule has 9 heteroatoms. The lowest BCUT2D eigenvalue weighted by Gasteiger charge is -2.12. The highest BCUT2D eigenvalue weighted by Gasteiger charge is 2.20. The molecule has 1 aromatic heterocycles. The summed E-state index contributed by atoms with van der Waals surface area (Å²) in [4.78, 5) is 35.1. The van der Waals surface area contributed by atoms with Crippen LogP contribution in [0.5, 0.6) is 5.75 Å². The summed E-state index contributed by atoms with van der Waals surface area (Å²) < 4.78 is 12.2. The van der Waals surface area contributed by atoms with Gasteiger partial charge < -0.3 is 14.8 Å². The molecular formula is C20H26N4O5. The molecule has 0 aliphatic rings. The molecule has 0 spiro atoms. The van der Waals surface area contributed by atoms with Crippen molar-refractivity contribution in [2.75, 3.05) is 14.2 Å². The second-order valence-corrected chi connectivity index (χ2v) is 6.46. The standard InChI is InChI=1S/C20H26N4O5/c1-12-17(9-10-18(25)29-14(3)19(26)22-20(27)21-4)13(2)24(23-12)15-7-6-8-16(11-15)28-5/h6-8,11,14H,9-10H2,1-5H3,(H2,21,22,26,27)/t14-/m1/s1.